The Morgan fingerprint density at radius 1 is 0.973 bits per heavy atom. The van der Waals surface area contributed by atoms with Crippen LogP contribution in [-0.4, -0.2) is 36.5 Å². The predicted octanol–water partition coefficient (Wildman–Crippen LogP) is 2.39. The van der Waals surface area contributed by atoms with E-state index in [0.29, 0.717) is 17.7 Å². The Morgan fingerprint density at radius 3 is 2.05 bits per heavy atom. The summed E-state index contributed by atoms with van der Waals surface area (Å²) in [5.41, 5.74) is 8.47. The molecule has 0 bridgehead atoms. The number of benzene rings is 2. The molecule has 0 aliphatic rings. The van der Waals surface area contributed by atoms with Crippen LogP contribution in [0.2, 0.25) is 0 Å². The third-order valence-corrected chi connectivity index (χ3v) is 4.95. The van der Waals surface area contributed by atoms with Crippen LogP contribution < -0.4 is 27.9 Å². The van der Waals surface area contributed by atoms with Gasteiger partial charge in [0.05, 0.1) is 29.3 Å². The zero-order chi connectivity index (χ0) is 28.0. The molecule has 37 heavy (non-hydrogen) atoms. The Kier molecular flexibility index (Phi) is 9.47. The second-order valence-corrected chi connectivity index (χ2v) is 7.65. The highest BCUT2D eigenvalue weighted by molar-refractivity contribution is 5.94. The second-order valence-electron chi connectivity index (χ2n) is 7.65. The first-order valence-electron chi connectivity index (χ1n) is 10.4. The van der Waals surface area contributed by atoms with Gasteiger partial charge in [0.25, 0.3) is 11.8 Å². The number of amides is 2. The topological polar surface area (TPSA) is 140 Å². The summed E-state index contributed by atoms with van der Waals surface area (Å²) < 4.78 is 89.9. The molecule has 2 aromatic rings. The third-order valence-electron chi connectivity index (χ3n) is 4.95. The maximum Gasteiger partial charge on any atom is 0.416 e. The molecule has 0 aliphatic carbocycles. The Labute approximate surface area is 206 Å². The molecule has 2 amide bonds. The minimum Gasteiger partial charge on any atom is -0.393 e. The van der Waals surface area contributed by atoms with E-state index in [0.717, 1.165) is 35.5 Å². The molecule has 0 radical (unpaired) electrons. The molecule has 0 saturated heterocycles. The molecule has 2 rings (SSSR count). The molecule has 1 atom stereocenters. The lowest BCUT2D eigenvalue weighted by atomic mass is 10.0. The van der Waals surface area contributed by atoms with E-state index in [2.05, 4.69) is 10.6 Å². The smallest absolute Gasteiger partial charge is 0.393 e. The van der Waals surface area contributed by atoms with Crippen LogP contribution >= 0.6 is 0 Å². The Bertz CT molecular complexity index is 1130. The normalized spacial score (nSPS) is 13.2. The molecule has 15 heteroatoms. The number of nitrogens with two attached hydrogens (primary N) is 3. The number of nitrogens with zero attached hydrogens (tertiary/aromatic N) is 1. The van der Waals surface area contributed by atoms with E-state index in [-0.39, 0.29) is 25.7 Å². The number of carbonyl (C=O) groups is 2. The second kappa shape index (κ2) is 11.9. The van der Waals surface area contributed by atoms with Crippen molar-refractivity contribution in [2.45, 2.75) is 18.4 Å². The summed E-state index contributed by atoms with van der Waals surface area (Å²) >= 11 is 0. The van der Waals surface area contributed by atoms with E-state index in [1.54, 1.807) is 0 Å². The van der Waals surface area contributed by atoms with Gasteiger partial charge in [-0.05, 0) is 35.9 Å². The standard InChI is InChI=1S/C22H23F7N6O2/c23-16-9-14(22(27,28)29)5-6-15(16)19(36)33-7-8-35(32)11-17(31)20(37)34-18(10-30)12-1-3-13(4-2-12)21(24,25)26/h1-6,9,11,18H,7-8,10,30-32H2,(H,33,36)(H,34,37)/b17-11-. The van der Waals surface area contributed by atoms with Crippen molar-refractivity contribution in [1.82, 2.24) is 15.6 Å². The molecule has 0 saturated carbocycles. The Morgan fingerprint density at radius 2 is 1.54 bits per heavy atom. The van der Waals surface area contributed by atoms with Gasteiger partial charge >= 0.3 is 12.4 Å². The van der Waals surface area contributed by atoms with Crippen LogP contribution in [0, 0.1) is 5.82 Å². The molecule has 2 aromatic carbocycles. The van der Waals surface area contributed by atoms with Crippen molar-refractivity contribution >= 4 is 11.8 Å². The zero-order valence-electron chi connectivity index (χ0n) is 19.0. The third kappa shape index (κ3) is 8.35. The molecule has 0 aliphatic heterocycles. The van der Waals surface area contributed by atoms with Gasteiger partial charge in [-0.2, -0.15) is 26.3 Å². The average Bonchev–Trinajstić information content (AvgIpc) is 2.81. The number of alkyl halides is 6. The van der Waals surface area contributed by atoms with E-state index >= 15 is 0 Å². The van der Waals surface area contributed by atoms with Crippen LogP contribution in [0.5, 0.6) is 0 Å². The fourth-order valence-corrected chi connectivity index (χ4v) is 3.00. The number of rotatable bonds is 9. The number of nitrogens with one attached hydrogen (secondary N) is 2. The van der Waals surface area contributed by atoms with Gasteiger partial charge in [0, 0.05) is 19.3 Å². The average molecular weight is 536 g/mol. The largest absolute Gasteiger partial charge is 0.416 e. The van der Waals surface area contributed by atoms with E-state index < -0.39 is 58.4 Å². The van der Waals surface area contributed by atoms with Crippen LogP contribution in [0.1, 0.15) is 33.1 Å². The van der Waals surface area contributed by atoms with Gasteiger partial charge in [0.15, 0.2) is 0 Å². The first-order chi connectivity index (χ1) is 17.1. The SMILES string of the molecule is NCC(NC(=O)/C(N)=C/N(N)CCNC(=O)c1ccc(C(F)(F)F)cc1F)c1ccc(C(F)(F)F)cc1. The first kappa shape index (κ1) is 29.4. The molecule has 0 aromatic heterocycles. The van der Waals surface area contributed by atoms with Gasteiger partial charge in [-0.1, -0.05) is 12.1 Å². The molecule has 1 unspecified atom stereocenters. The van der Waals surface area contributed by atoms with Crippen LogP contribution in [0.15, 0.2) is 54.4 Å². The lowest BCUT2D eigenvalue weighted by molar-refractivity contribution is -0.138. The molecular weight excluding hydrogens is 513 g/mol. The first-order valence-corrected chi connectivity index (χ1v) is 10.4. The number of hydrazine groups is 1. The summed E-state index contributed by atoms with van der Waals surface area (Å²) in [6.45, 7) is -0.483. The summed E-state index contributed by atoms with van der Waals surface area (Å²) in [6, 6.07) is 4.62. The van der Waals surface area contributed by atoms with Crippen molar-refractivity contribution in [3.63, 3.8) is 0 Å². The van der Waals surface area contributed by atoms with Gasteiger partial charge in [0.2, 0.25) is 0 Å². The van der Waals surface area contributed by atoms with Gasteiger partial charge < -0.3 is 27.1 Å². The Hall–Kier alpha value is -3.85. The van der Waals surface area contributed by atoms with Crippen molar-refractivity contribution in [2.75, 3.05) is 19.6 Å². The minimum atomic E-state index is -4.77. The highest BCUT2D eigenvalue weighted by atomic mass is 19.4. The van der Waals surface area contributed by atoms with E-state index in [9.17, 15) is 40.3 Å². The Balaban J connectivity index is 1.91. The van der Waals surface area contributed by atoms with Crippen molar-refractivity contribution in [2.24, 2.45) is 17.3 Å². The molecule has 8 nitrogen and oxygen atoms in total. The van der Waals surface area contributed by atoms with Crippen LogP contribution in [-0.2, 0) is 17.1 Å². The number of hydrogen-bond donors (Lipinski definition) is 5. The quantitative estimate of drug-likeness (QED) is 0.144. The van der Waals surface area contributed by atoms with E-state index in [1.165, 1.54) is 0 Å². The zero-order valence-corrected chi connectivity index (χ0v) is 19.0. The maximum absolute atomic E-state index is 13.9. The van der Waals surface area contributed by atoms with E-state index in [1.807, 2.05) is 0 Å². The van der Waals surface area contributed by atoms with Crippen molar-refractivity contribution in [3.05, 3.63) is 82.4 Å². The van der Waals surface area contributed by atoms with Gasteiger partial charge in [0.1, 0.15) is 11.5 Å². The maximum atomic E-state index is 13.9. The molecule has 0 heterocycles. The molecule has 0 fully saturated rings. The summed E-state index contributed by atoms with van der Waals surface area (Å²) in [4.78, 5) is 24.4. The van der Waals surface area contributed by atoms with Crippen LogP contribution in [0.4, 0.5) is 30.7 Å². The van der Waals surface area contributed by atoms with Crippen LogP contribution in [0.25, 0.3) is 0 Å². The fourth-order valence-electron chi connectivity index (χ4n) is 3.00. The van der Waals surface area contributed by atoms with Crippen molar-refractivity contribution in [3.8, 4) is 0 Å². The number of halogens is 7. The number of carbonyl (C=O) groups excluding carboxylic acids is 2. The van der Waals surface area contributed by atoms with E-state index in [4.69, 9.17) is 17.3 Å². The lowest BCUT2D eigenvalue weighted by Gasteiger charge is -2.19. The summed E-state index contributed by atoms with van der Waals surface area (Å²) in [6.07, 6.45) is -8.29. The molecule has 202 valence electrons. The fraction of sp³-hybridized carbons (Fsp3) is 0.273. The predicted molar refractivity (Wildman–Crippen MR) is 118 cm³/mol. The summed E-state index contributed by atoms with van der Waals surface area (Å²) in [5.74, 6) is 2.50. The highest BCUT2D eigenvalue weighted by Gasteiger charge is 2.32. The molecular formula is C22H23F7N6O2. The molecule has 8 N–H and O–H groups in total. The van der Waals surface area contributed by atoms with Crippen LogP contribution in [0.3, 0.4) is 0 Å². The van der Waals surface area contributed by atoms with Gasteiger partial charge in [-0.3, -0.25) is 9.59 Å². The van der Waals surface area contributed by atoms with Crippen molar-refractivity contribution < 1.29 is 40.3 Å². The lowest BCUT2D eigenvalue weighted by Crippen LogP contribution is -2.39. The highest BCUT2D eigenvalue weighted by Crippen LogP contribution is 2.31. The monoisotopic (exact) mass is 536 g/mol. The van der Waals surface area contributed by atoms with Gasteiger partial charge in [-0.15, -0.1) is 0 Å². The van der Waals surface area contributed by atoms with Crippen molar-refractivity contribution in [1.29, 1.82) is 0 Å². The summed E-state index contributed by atoms with van der Waals surface area (Å²) in [7, 11) is 0. The molecule has 0 spiro atoms. The number of hydrogen-bond acceptors (Lipinski definition) is 6. The summed E-state index contributed by atoms with van der Waals surface area (Å²) in [5, 5.41) is 5.62. The minimum absolute atomic E-state index is 0.138. The van der Waals surface area contributed by atoms with Gasteiger partial charge in [-0.25, -0.2) is 10.2 Å².